The summed E-state index contributed by atoms with van der Waals surface area (Å²) in [6.45, 7) is 10.2. The topological polar surface area (TPSA) is 57.4 Å². The number of nitrogens with zero attached hydrogens (tertiary/aromatic N) is 1. The van der Waals surface area contributed by atoms with Gasteiger partial charge in [-0.05, 0) is 36.4 Å². The summed E-state index contributed by atoms with van der Waals surface area (Å²) in [6.07, 6.45) is 0. The lowest BCUT2D eigenvalue weighted by Crippen LogP contribution is -2.40. The minimum Gasteiger partial charge on any atom is -0.379 e. The third kappa shape index (κ3) is 3.80. The highest BCUT2D eigenvalue weighted by Crippen LogP contribution is 2.18. The molecule has 0 unspecified atom stereocenters. The smallest absolute Gasteiger partial charge is 0.252 e. The first-order chi connectivity index (χ1) is 11.1. The molecular formula is C18H25N3O2. The number of benzene rings is 1. The van der Waals surface area contributed by atoms with Crippen LogP contribution in [0.4, 0.5) is 0 Å². The largest absolute Gasteiger partial charge is 0.379 e. The molecule has 124 valence electrons. The van der Waals surface area contributed by atoms with E-state index in [0.717, 1.165) is 61.4 Å². The van der Waals surface area contributed by atoms with Gasteiger partial charge in [-0.2, -0.15) is 0 Å². The molecule has 2 heterocycles. The molecule has 0 atom stereocenters. The van der Waals surface area contributed by atoms with Gasteiger partial charge in [-0.3, -0.25) is 9.69 Å². The molecule has 0 saturated carbocycles. The lowest BCUT2D eigenvalue weighted by Gasteiger charge is -2.26. The van der Waals surface area contributed by atoms with Crippen LogP contribution in [0.25, 0.3) is 10.9 Å². The van der Waals surface area contributed by atoms with Crippen LogP contribution in [0.1, 0.15) is 16.7 Å². The second-order valence-corrected chi connectivity index (χ2v) is 6.23. The molecule has 1 aromatic heterocycles. The molecule has 2 aromatic rings. The van der Waals surface area contributed by atoms with Crippen LogP contribution in [-0.2, 0) is 11.3 Å². The molecule has 1 aliphatic heterocycles. The van der Waals surface area contributed by atoms with E-state index in [1.807, 2.05) is 13.0 Å². The van der Waals surface area contributed by atoms with Crippen LogP contribution in [-0.4, -0.2) is 49.3 Å². The predicted octanol–water partition coefficient (Wildman–Crippen LogP) is 1.57. The predicted molar refractivity (Wildman–Crippen MR) is 93.0 cm³/mol. The van der Waals surface area contributed by atoms with Crippen LogP contribution in [0.15, 0.2) is 23.0 Å². The summed E-state index contributed by atoms with van der Waals surface area (Å²) in [5, 5.41) is 4.47. The van der Waals surface area contributed by atoms with Gasteiger partial charge in [0.2, 0.25) is 0 Å². The number of ether oxygens (including phenoxy) is 1. The molecule has 5 nitrogen and oxygen atoms in total. The fraction of sp³-hybridized carbons (Fsp3) is 0.500. The number of aryl methyl sites for hydroxylation is 2. The maximum Gasteiger partial charge on any atom is 0.252 e. The molecule has 23 heavy (non-hydrogen) atoms. The number of aromatic amines is 1. The van der Waals surface area contributed by atoms with E-state index in [0.29, 0.717) is 6.54 Å². The summed E-state index contributed by atoms with van der Waals surface area (Å²) in [5.41, 5.74) is 4.09. The van der Waals surface area contributed by atoms with Crippen molar-refractivity contribution in [3.63, 3.8) is 0 Å². The number of rotatable bonds is 5. The van der Waals surface area contributed by atoms with Crippen LogP contribution in [0, 0.1) is 13.8 Å². The van der Waals surface area contributed by atoms with Crippen LogP contribution in [0.3, 0.4) is 0 Å². The minimum absolute atomic E-state index is 0.00470. The zero-order valence-electron chi connectivity index (χ0n) is 13.9. The van der Waals surface area contributed by atoms with E-state index in [-0.39, 0.29) is 5.56 Å². The molecule has 2 N–H and O–H groups in total. The van der Waals surface area contributed by atoms with Crippen molar-refractivity contribution in [2.24, 2.45) is 0 Å². The van der Waals surface area contributed by atoms with Gasteiger partial charge >= 0.3 is 0 Å². The molecule has 0 amide bonds. The van der Waals surface area contributed by atoms with Gasteiger partial charge in [-0.1, -0.05) is 12.1 Å². The van der Waals surface area contributed by atoms with E-state index >= 15 is 0 Å². The monoisotopic (exact) mass is 315 g/mol. The molecule has 1 aromatic carbocycles. The number of fused-ring (bicyclic) bond motifs is 1. The normalized spacial score (nSPS) is 16.1. The SMILES string of the molecule is Cc1ccc2cc(CNCCN3CCOCC3)c(=O)[nH]c2c1C. The number of H-pyrrole nitrogens is 1. The summed E-state index contributed by atoms with van der Waals surface area (Å²) in [6, 6.07) is 6.18. The Morgan fingerprint density at radius 1 is 1.26 bits per heavy atom. The van der Waals surface area contributed by atoms with Crippen molar-refractivity contribution in [1.82, 2.24) is 15.2 Å². The third-order valence-electron chi connectivity index (χ3n) is 4.65. The molecule has 0 aliphatic carbocycles. The first-order valence-corrected chi connectivity index (χ1v) is 8.28. The molecule has 0 radical (unpaired) electrons. The molecule has 1 aliphatic rings. The summed E-state index contributed by atoms with van der Waals surface area (Å²) in [4.78, 5) is 17.7. The quantitative estimate of drug-likeness (QED) is 0.822. The van der Waals surface area contributed by atoms with Gasteiger partial charge in [-0.15, -0.1) is 0 Å². The number of hydrogen-bond acceptors (Lipinski definition) is 4. The first kappa shape index (κ1) is 16.2. The number of nitrogens with one attached hydrogen (secondary N) is 2. The van der Waals surface area contributed by atoms with Gasteiger partial charge in [-0.25, -0.2) is 0 Å². The van der Waals surface area contributed by atoms with Crippen molar-refractivity contribution in [3.05, 3.63) is 45.2 Å². The second-order valence-electron chi connectivity index (χ2n) is 6.23. The Balaban J connectivity index is 1.62. The average molecular weight is 315 g/mol. The molecule has 0 spiro atoms. The van der Waals surface area contributed by atoms with E-state index in [9.17, 15) is 4.79 Å². The van der Waals surface area contributed by atoms with Gasteiger partial charge in [0.15, 0.2) is 0 Å². The number of pyridine rings is 1. The van der Waals surface area contributed by atoms with Crippen molar-refractivity contribution < 1.29 is 4.74 Å². The second kappa shape index (κ2) is 7.25. The Kier molecular flexibility index (Phi) is 5.10. The molecule has 5 heteroatoms. The summed E-state index contributed by atoms with van der Waals surface area (Å²) < 4.78 is 5.34. The van der Waals surface area contributed by atoms with E-state index in [1.165, 1.54) is 5.56 Å². The van der Waals surface area contributed by atoms with Crippen LogP contribution in [0.2, 0.25) is 0 Å². The molecule has 1 fully saturated rings. The van der Waals surface area contributed by atoms with Gasteiger partial charge < -0.3 is 15.0 Å². The van der Waals surface area contributed by atoms with E-state index < -0.39 is 0 Å². The van der Waals surface area contributed by atoms with Crippen molar-refractivity contribution >= 4 is 10.9 Å². The van der Waals surface area contributed by atoms with Crippen LogP contribution < -0.4 is 10.9 Å². The third-order valence-corrected chi connectivity index (χ3v) is 4.65. The van der Waals surface area contributed by atoms with Crippen LogP contribution in [0.5, 0.6) is 0 Å². The highest BCUT2D eigenvalue weighted by molar-refractivity contribution is 5.83. The van der Waals surface area contributed by atoms with Gasteiger partial charge in [0, 0.05) is 38.3 Å². The lowest BCUT2D eigenvalue weighted by atomic mass is 10.0. The highest BCUT2D eigenvalue weighted by atomic mass is 16.5. The lowest BCUT2D eigenvalue weighted by molar-refractivity contribution is 0.0384. The van der Waals surface area contributed by atoms with Gasteiger partial charge in [0.05, 0.1) is 18.7 Å². The van der Waals surface area contributed by atoms with Crippen molar-refractivity contribution in [3.8, 4) is 0 Å². The Hall–Kier alpha value is -1.69. The Labute approximate surface area is 136 Å². The molecule has 1 saturated heterocycles. The first-order valence-electron chi connectivity index (χ1n) is 8.28. The molecular weight excluding hydrogens is 290 g/mol. The Morgan fingerprint density at radius 3 is 2.83 bits per heavy atom. The minimum atomic E-state index is 0.00470. The summed E-state index contributed by atoms with van der Waals surface area (Å²) >= 11 is 0. The van der Waals surface area contributed by atoms with Gasteiger partial charge in [0.25, 0.3) is 5.56 Å². The van der Waals surface area contributed by atoms with E-state index in [1.54, 1.807) is 0 Å². The summed E-state index contributed by atoms with van der Waals surface area (Å²) in [5.74, 6) is 0. The van der Waals surface area contributed by atoms with Gasteiger partial charge in [0.1, 0.15) is 0 Å². The maximum atomic E-state index is 12.3. The van der Waals surface area contributed by atoms with Crippen LogP contribution >= 0.6 is 0 Å². The molecule has 3 rings (SSSR count). The van der Waals surface area contributed by atoms with E-state index in [2.05, 4.69) is 34.3 Å². The Morgan fingerprint density at radius 2 is 2.04 bits per heavy atom. The highest BCUT2D eigenvalue weighted by Gasteiger charge is 2.10. The number of hydrogen-bond donors (Lipinski definition) is 2. The zero-order chi connectivity index (χ0) is 16.2. The van der Waals surface area contributed by atoms with Crippen molar-refractivity contribution in [2.45, 2.75) is 20.4 Å². The fourth-order valence-electron chi connectivity index (χ4n) is 2.99. The van der Waals surface area contributed by atoms with Crippen molar-refractivity contribution in [1.29, 1.82) is 0 Å². The number of morpholine rings is 1. The fourth-order valence-corrected chi connectivity index (χ4v) is 2.99. The standard InChI is InChI=1S/C18H25N3O2/c1-13-3-4-15-11-16(18(22)20-17(15)14(13)2)12-19-5-6-21-7-9-23-10-8-21/h3-4,11,19H,5-10,12H2,1-2H3,(H,20,22). The average Bonchev–Trinajstić information content (AvgIpc) is 2.57. The van der Waals surface area contributed by atoms with E-state index in [4.69, 9.17) is 4.74 Å². The maximum absolute atomic E-state index is 12.3. The Bertz CT molecular complexity index is 733. The zero-order valence-corrected chi connectivity index (χ0v) is 13.9. The van der Waals surface area contributed by atoms with Crippen molar-refractivity contribution in [2.75, 3.05) is 39.4 Å². The molecule has 0 bridgehead atoms. The number of aromatic nitrogens is 1. The summed E-state index contributed by atoms with van der Waals surface area (Å²) in [7, 11) is 0.